The van der Waals surface area contributed by atoms with E-state index in [1.165, 1.54) is 23.8 Å². The minimum Gasteiger partial charge on any atom is -0.469 e. The van der Waals surface area contributed by atoms with Gasteiger partial charge in [0.2, 0.25) is 0 Å². The molecule has 2 aromatic carbocycles. The predicted molar refractivity (Wildman–Crippen MR) is 176 cm³/mol. The second-order valence-corrected chi connectivity index (χ2v) is 16.0. The van der Waals surface area contributed by atoms with Crippen molar-refractivity contribution in [3.8, 4) is 11.3 Å². The van der Waals surface area contributed by atoms with Crippen molar-refractivity contribution in [2.24, 2.45) is 5.92 Å². The van der Waals surface area contributed by atoms with Crippen LogP contribution in [0.2, 0.25) is 0 Å². The monoisotopic (exact) mass is 674 g/mol. The highest BCUT2D eigenvalue weighted by molar-refractivity contribution is 7.90. The third-order valence-electron chi connectivity index (χ3n) is 7.81. The van der Waals surface area contributed by atoms with Crippen molar-refractivity contribution in [1.82, 2.24) is 8.39 Å². The normalized spacial score (nSPS) is 18.3. The zero-order valence-electron chi connectivity index (χ0n) is 27.6. The highest BCUT2D eigenvalue weighted by Crippen LogP contribution is 2.40. The topological polar surface area (TPSA) is 121 Å². The van der Waals surface area contributed by atoms with Crippen molar-refractivity contribution in [2.75, 3.05) is 7.11 Å². The Labute approximate surface area is 276 Å². The molecule has 10 nitrogen and oxygen atoms in total. The van der Waals surface area contributed by atoms with Crippen molar-refractivity contribution >= 4 is 50.7 Å². The standard InChI is InChI=1S/C34H43ClN2O8S/c1-21(30(38)43-8)28-26-14-9-10-15-27(26)36(32(40)45-34(5,6)7)29(28)22-16-18-25(19-17-22)46(41,42)37(35)24-13-11-12-23(20-24)31(39)44-33(2,3)4/h9-10,14-19,21,23-24H,11-13,20H2,1-8H3. The van der Waals surface area contributed by atoms with Crippen molar-refractivity contribution in [1.29, 1.82) is 0 Å². The Morgan fingerprint density at radius 3 is 2.13 bits per heavy atom. The van der Waals surface area contributed by atoms with Gasteiger partial charge in [0.25, 0.3) is 10.0 Å². The number of carbonyl (C=O) groups is 3. The summed E-state index contributed by atoms with van der Waals surface area (Å²) in [5.41, 5.74) is 0.471. The van der Waals surface area contributed by atoms with E-state index in [1.54, 1.807) is 72.7 Å². The molecule has 46 heavy (non-hydrogen) atoms. The molecule has 0 spiro atoms. The van der Waals surface area contributed by atoms with E-state index in [9.17, 15) is 22.8 Å². The van der Waals surface area contributed by atoms with Crippen LogP contribution in [0.25, 0.3) is 22.2 Å². The molecule has 1 aliphatic carbocycles. The molecule has 0 saturated heterocycles. The molecule has 3 unspecified atom stereocenters. The molecule has 1 aromatic heterocycles. The van der Waals surface area contributed by atoms with Crippen LogP contribution in [0.5, 0.6) is 0 Å². The number of halogens is 1. The van der Waals surface area contributed by atoms with Crippen LogP contribution < -0.4 is 0 Å². The number of sulfonamides is 1. The number of methoxy groups -OCH3 is 1. The molecule has 3 atom stereocenters. The van der Waals surface area contributed by atoms with Crippen LogP contribution in [0, 0.1) is 5.92 Å². The lowest BCUT2D eigenvalue weighted by atomic mass is 9.86. The maximum absolute atomic E-state index is 13.7. The highest BCUT2D eigenvalue weighted by Gasteiger charge is 2.38. The number of fused-ring (bicyclic) bond motifs is 1. The zero-order chi connectivity index (χ0) is 34.2. The number of hydrogen-bond acceptors (Lipinski definition) is 8. The van der Waals surface area contributed by atoms with Crippen LogP contribution >= 0.6 is 11.8 Å². The van der Waals surface area contributed by atoms with Gasteiger partial charge in [-0.2, -0.15) is 0 Å². The van der Waals surface area contributed by atoms with Crippen molar-refractivity contribution in [3.63, 3.8) is 0 Å². The minimum absolute atomic E-state index is 0.0619. The van der Waals surface area contributed by atoms with Gasteiger partial charge in [-0.1, -0.05) is 36.8 Å². The van der Waals surface area contributed by atoms with Gasteiger partial charge in [0, 0.05) is 17.0 Å². The predicted octanol–water partition coefficient (Wildman–Crippen LogP) is 7.41. The lowest BCUT2D eigenvalue weighted by Gasteiger charge is -2.33. The number of carbonyl (C=O) groups excluding carboxylic acids is 3. The second-order valence-electron chi connectivity index (χ2n) is 13.7. The second kappa shape index (κ2) is 13.4. The van der Waals surface area contributed by atoms with Crippen molar-refractivity contribution in [3.05, 3.63) is 54.1 Å². The molecule has 1 saturated carbocycles. The van der Waals surface area contributed by atoms with Gasteiger partial charge in [-0.15, -0.1) is 3.82 Å². The first-order chi connectivity index (χ1) is 21.4. The lowest BCUT2D eigenvalue weighted by molar-refractivity contribution is -0.161. The van der Waals surface area contributed by atoms with Gasteiger partial charge in [0.1, 0.15) is 11.2 Å². The summed E-state index contributed by atoms with van der Waals surface area (Å²) in [6.45, 7) is 12.3. The fraction of sp³-hybridized carbons (Fsp3) is 0.500. The molecule has 0 amide bonds. The summed E-state index contributed by atoms with van der Waals surface area (Å²) >= 11 is 6.52. The van der Waals surface area contributed by atoms with E-state index in [0.29, 0.717) is 47.0 Å². The summed E-state index contributed by atoms with van der Waals surface area (Å²) in [7, 11) is -2.87. The number of nitrogens with zero attached hydrogens (tertiary/aromatic N) is 2. The molecule has 3 aromatic rings. The van der Waals surface area contributed by atoms with Gasteiger partial charge >= 0.3 is 18.0 Å². The zero-order valence-corrected chi connectivity index (χ0v) is 29.2. The maximum Gasteiger partial charge on any atom is 0.419 e. The summed E-state index contributed by atoms with van der Waals surface area (Å²) in [6.07, 6.45) is 1.33. The number of para-hydroxylation sites is 1. The first kappa shape index (κ1) is 35.4. The Hall–Kier alpha value is -3.41. The largest absolute Gasteiger partial charge is 0.469 e. The molecule has 250 valence electrons. The third-order valence-corrected chi connectivity index (χ3v) is 10.3. The van der Waals surface area contributed by atoms with Gasteiger partial charge in [-0.25, -0.2) is 17.8 Å². The molecule has 0 bridgehead atoms. The fourth-order valence-electron chi connectivity index (χ4n) is 5.81. The number of ether oxygens (including phenoxy) is 3. The Balaban J connectivity index is 1.74. The summed E-state index contributed by atoms with van der Waals surface area (Å²) < 4.78 is 46.0. The first-order valence-electron chi connectivity index (χ1n) is 15.3. The Bertz CT molecular complexity index is 1720. The van der Waals surface area contributed by atoms with Crippen LogP contribution in [0.1, 0.15) is 85.6 Å². The van der Waals surface area contributed by atoms with Crippen molar-refractivity contribution < 1.29 is 37.0 Å². The van der Waals surface area contributed by atoms with Crippen LogP contribution in [0.3, 0.4) is 0 Å². The van der Waals surface area contributed by atoms with Gasteiger partial charge in [-0.05, 0) is 103 Å². The van der Waals surface area contributed by atoms with E-state index >= 15 is 0 Å². The van der Waals surface area contributed by atoms with Gasteiger partial charge in [-0.3, -0.25) is 9.59 Å². The summed E-state index contributed by atoms with van der Waals surface area (Å²) in [5, 5.41) is 0.654. The smallest absolute Gasteiger partial charge is 0.419 e. The lowest BCUT2D eigenvalue weighted by Crippen LogP contribution is -2.40. The van der Waals surface area contributed by atoms with E-state index in [1.807, 2.05) is 12.1 Å². The SMILES string of the molecule is COC(=O)C(C)c1c(-c2ccc(S(=O)(=O)N(Cl)C3CCCC(C(=O)OC(C)(C)C)C3)cc2)n(C(=O)OC(C)(C)C)c2ccccc12. The Morgan fingerprint density at radius 2 is 1.54 bits per heavy atom. The third kappa shape index (κ3) is 7.58. The Kier molecular flexibility index (Phi) is 10.3. The minimum atomic E-state index is -4.17. The summed E-state index contributed by atoms with van der Waals surface area (Å²) in [5.74, 6) is -2.08. The van der Waals surface area contributed by atoms with Crippen LogP contribution in [-0.4, -0.2) is 59.2 Å². The Morgan fingerprint density at radius 1 is 0.935 bits per heavy atom. The van der Waals surface area contributed by atoms with E-state index in [2.05, 4.69) is 0 Å². The molecular formula is C34H43ClN2O8S. The molecule has 1 aliphatic rings. The van der Waals surface area contributed by atoms with E-state index in [0.717, 1.165) is 3.82 Å². The average Bonchev–Trinajstić information content (AvgIpc) is 3.33. The maximum atomic E-state index is 13.7. The fourth-order valence-corrected chi connectivity index (χ4v) is 7.49. The molecule has 0 radical (unpaired) electrons. The number of esters is 2. The summed E-state index contributed by atoms with van der Waals surface area (Å²) in [6, 6.07) is 12.5. The van der Waals surface area contributed by atoms with E-state index in [-0.39, 0.29) is 17.3 Å². The van der Waals surface area contributed by atoms with E-state index in [4.69, 9.17) is 26.0 Å². The number of aromatic nitrogens is 1. The van der Waals surface area contributed by atoms with Gasteiger partial charge in [0.05, 0.1) is 35.1 Å². The molecule has 12 heteroatoms. The number of rotatable bonds is 7. The van der Waals surface area contributed by atoms with E-state index < -0.39 is 51.2 Å². The summed E-state index contributed by atoms with van der Waals surface area (Å²) in [4.78, 5) is 39.1. The first-order valence-corrected chi connectivity index (χ1v) is 17.1. The quantitative estimate of drug-likeness (QED) is 0.144. The molecular weight excluding hydrogens is 632 g/mol. The molecule has 0 N–H and O–H groups in total. The number of hydrogen-bond donors (Lipinski definition) is 0. The molecule has 0 aliphatic heterocycles. The molecule has 1 fully saturated rings. The van der Waals surface area contributed by atoms with Crippen molar-refractivity contribution in [2.45, 2.75) is 102 Å². The average molecular weight is 675 g/mol. The number of benzene rings is 2. The van der Waals surface area contributed by atoms with Crippen LogP contribution in [0.4, 0.5) is 4.79 Å². The molecule has 1 heterocycles. The molecule has 4 rings (SSSR count). The van der Waals surface area contributed by atoms with Crippen LogP contribution in [0.15, 0.2) is 53.4 Å². The van der Waals surface area contributed by atoms with Crippen LogP contribution in [-0.2, 0) is 33.8 Å². The highest BCUT2D eigenvalue weighted by atomic mass is 35.5. The van der Waals surface area contributed by atoms with Gasteiger partial charge in [0.15, 0.2) is 0 Å². The van der Waals surface area contributed by atoms with Gasteiger partial charge < -0.3 is 14.2 Å².